The Bertz CT molecular complexity index is 476. The van der Waals surface area contributed by atoms with Gasteiger partial charge in [0, 0.05) is 0 Å². The number of aliphatic hydroxyl groups excluding tert-OH is 1. The number of hydrogen-bond acceptors (Lipinski definition) is 1. The molecule has 0 amide bonds. The van der Waals surface area contributed by atoms with Gasteiger partial charge >= 0.3 is 0 Å². The van der Waals surface area contributed by atoms with Crippen LogP contribution in [-0.2, 0) is 0 Å². The summed E-state index contributed by atoms with van der Waals surface area (Å²) in [5, 5.41) is 9.96. The third-order valence-electron chi connectivity index (χ3n) is 7.42. The van der Waals surface area contributed by atoms with Gasteiger partial charge in [-0.25, -0.2) is 0 Å². The SMILES string of the molecule is C[C@@]12C=CCC1C1CCC3=C[C@@H](O)CC[C@]3(C)C1CC2. The summed E-state index contributed by atoms with van der Waals surface area (Å²) < 4.78 is 0. The summed E-state index contributed by atoms with van der Waals surface area (Å²) in [6.07, 6.45) is 15.9. The summed E-state index contributed by atoms with van der Waals surface area (Å²) in [6.45, 7) is 5.00. The lowest BCUT2D eigenvalue weighted by Gasteiger charge is -2.57. The maximum absolute atomic E-state index is 9.96. The fourth-order valence-electron chi connectivity index (χ4n) is 6.19. The van der Waals surface area contributed by atoms with Gasteiger partial charge in [-0.1, -0.05) is 37.6 Å². The minimum absolute atomic E-state index is 0.170. The molecule has 0 aromatic rings. The van der Waals surface area contributed by atoms with Crippen LogP contribution < -0.4 is 0 Å². The summed E-state index contributed by atoms with van der Waals surface area (Å²) >= 11 is 0. The molecule has 4 aliphatic carbocycles. The van der Waals surface area contributed by atoms with Crippen LogP contribution in [0.15, 0.2) is 23.8 Å². The number of fused-ring (bicyclic) bond motifs is 5. The van der Waals surface area contributed by atoms with Gasteiger partial charge in [-0.2, -0.15) is 0 Å². The Labute approximate surface area is 123 Å². The molecule has 110 valence electrons. The molecule has 4 aliphatic rings. The second kappa shape index (κ2) is 4.22. The van der Waals surface area contributed by atoms with E-state index in [1.165, 1.54) is 38.5 Å². The topological polar surface area (TPSA) is 20.2 Å². The van der Waals surface area contributed by atoms with Crippen molar-refractivity contribution < 1.29 is 5.11 Å². The van der Waals surface area contributed by atoms with E-state index in [1.807, 2.05) is 0 Å². The first-order valence-corrected chi connectivity index (χ1v) is 8.60. The lowest BCUT2D eigenvalue weighted by molar-refractivity contribution is -0.0309. The minimum atomic E-state index is -0.170. The van der Waals surface area contributed by atoms with Crippen LogP contribution in [0.2, 0.25) is 0 Å². The minimum Gasteiger partial charge on any atom is -0.389 e. The van der Waals surface area contributed by atoms with E-state index in [0.29, 0.717) is 10.8 Å². The van der Waals surface area contributed by atoms with Gasteiger partial charge in [-0.05, 0) is 73.5 Å². The molecule has 0 heterocycles. The van der Waals surface area contributed by atoms with Crippen molar-refractivity contribution in [1.82, 2.24) is 0 Å². The lowest BCUT2D eigenvalue weighted by atomic mass is 9.47. The average molecular weight is 272 g/mol. The second-order valence-electron chi connectivity index (χ2n) is 8.31. The van der Waals surface area contributed by atoms with E-state index in [4.69, 9.17) is 0 Å². The highest BCUT2D eigenvalue weighted by Crippen LogP contribution is 2.63. The molecule has 0 aliphatic heterocycles. The summed E-state index contributed by atoms with van der Waals surface area (Å²) in [5.41, 5.74) is 2.48. The third-order valence-corrected chi connectivity index (χ3v) is 7.42. The van der Waals surface area contributed by atoms with E-state index >= 15 is 0 Å². The summed E-state index contributed by atoms with van der Waals surface area (Å²) in [5.74, 6) is 2.68. The van der Waals surface area contributed by atoms with Crippen LogP contribution in [0.3, 0.4) is 0 Å². The first kappa shape index (κ1) is 13.1. The molecule has 3 unspecified atom stereocenters. The fraction of sp³-hybridized carbons (Fsp3) is 0.789. The van der Waals surface area contributed by atoms with E-state index in [1.54, 1.807) is 5.57 Å². The standard InChI is InChI=1S/C19H28O/c1-18-9-3-4-16(18)15-6-5-13-12-14(20)7-11-19(13,2)17(15)8-10-18/h3,9,12,14-17,20H,4-8,10-11H2,1-2H3/t14-,15?,16?,17?,18-,19-/m0/s1. The normalized spacial score (nSPS) is 53.9. The Balaban J connectivity index is 1.68. The van der Waals surface area contributed by atoms with Gasteiger partial charge in [-0.3, -0.25) is 0 Å². The van der Waals surface area contributed by atoms with Crippen LogP contribution in [0.25, 0.3) is 0 Å². The first-order valence-electron chi connectivity index (χ1n) is 8.60. The van der Waals surface area contributed by atoms with E-state index in [-0.39, 0.29) is 6.10 Å². The van der Waals surface area contributed by atoms with Gasteiger partial charge < -0.3 is 5.11 Å². The molecule has 20 heavy (non-hydrogen) atoms. The Morgan fingerprint density at radius 2 is 1.95 bits per heavy atom. The van der Waals surface area contributed by atoms with E-state index in [2.05, 4.69) is 32.1 Å². The van der Waals surface area contributed by atoms with Crippen molar-refractivity contribution in [2.45, 2.75) is 64.9 Å². The summed E-state index contributed by atoms with van der Waals surface area (Å²) in [7, 11) is 0. The molecule has 1 nitrogen and oxygen atoms in total. The second-order valence-corrected chi connectivity index (χ2v) is 8.31. The first-order chi connectivity index (χ1) is 9.53. The largest absolute Gasteiger partial charge is 0.389 e. The number of allylic oxidation sites excluding steroid dienone is 3. The van der Waals surface area contributed by atoms with Crippen molar-refractivity contribution in [1.29, 1.82) is 0 Å². The zero-order valence-electron chi connectivity index (χ0n) is 12.9. The zero-order valence-corrected chi connectivity index (χ0v) is 12.9. The lowest BCUT2D eigenvalue weighted by Crippen LogP contribution is -2.49. The van der Waals surface area contributed by atoms with E-state index in [0.717, 1.165) is 24.2 Å². The van der Waals surface area contributed by atoms with Gasteiger partial charge in [0.05, 0.1) is 6.10 Å². The smallest absolute Gasteiger partial charge is 0.0724 e. The van der Waals surface area contributed by atoms with Crippen LogP contribution in [0.4, 0.5) is 0 Å². The van der Waals surface area contributed by atoms with Crippen molar-refractivity contribution in [3.8, 4) is 0 Å². The molecule has 0 bridgehead atoms. The van der Waals surface area contributed by atoms with Gasteiger partial charge in [0.25, 0.3) is 0 Å². The van der Waals surface area contributed by atoms with Crippen LogP contribution >= 0.6 is 0 Å². The average Bonchev–Trinajstić information content (AvgIpc) is 2.81. The van der Waals surface area contributed by atoms with Crippen molar-refractivity contribution in [2.24, 2.45) is 28.6 Å². The monoisotopic (exact) mass is 272 g/mol. The Hall–Kier alpha value is -0.560. The zero-order chi connectivity index (χ0) is 14.0. The summed E-state index contributed by atoms with van der Waals surface area (Å²) in [6, 6.07) is 0. The van der Waals surface area contributed by atoms with Crippen LogP contribution in [0.5, 0.6) is 0 Å². The number of aliphatic hydroxyl groups is 1. The third kappa shape index (κ3) is 1.65. The highest BCUT2D eigenvalue weighted by atomic mass is 16.3. The molecule has 2 saturated carbocycles. The van der Waals surface area contributed by atoms with Gasteiger partial charge in [0.1, 0.15) is 0 Å². The van der Waals surface area contributed by atoms with E-state index in [9.17, 15) is 5.11 Å². The molecule has 1 heteroatoms. The molecule has 0 saturated heterocycles. The Morgan fingerprint density at radius 3 is 2.80 bits per heavy atom. The maximum atomic E-state index is 9.96. The predicted octanol–water partition coefficient (Wildman–Crippen LogP) is 4.48. The molecule has 6 atom stereocenters. The van der Waals surface area contributed by atoms with Crippen LogP contribution in [0, 0.1) is 28.6 Å². The maximum Gasteiger partial charge on any atom is 0.0724 e. The van der Waals surface area contributed by atoms with E-state index < -0.39 is 0 Å². The van der Waals surface area contributed by atoms with Crippen molar-refractivity contribution >= 4 is 0 Å². The number of rotatable bonds is 0. The van der Waals surface area contributed by atoms with Crippen molar-refractivity contribution in [2.75, 3.05) is 0 Å². The Kier molecular flexibility index (Phi) is 2.77. The summed E-state index contributed by atoms with van der Waals surface area (Å²) in [4.78, 5) is 0. The molecule has 0 aromatic heterocycles. The quantitative estimate of drug-likeness (QED) is 0.645. The molecular formula is C19H28O. The van der Waals surface area contributed by atoms with Crippen molar-refractivity contribution in [3.05, 3.63) is 23.8 Å². The molecular weight excluding hydrogens is 244 g/mol. The fourth-order valence-corrected chi connectivity index (χ4v) is 6.19. The molecule has 1 N–H and O–H groups in total. The molecule has 4 rings (SSSR count). The molecule has 2 fully saturated rings. The van der Waals surface area contributed by atoms with Crippen LogP contribution in [-0.4, -0.2) is 11.2 Å². The molecule has 0 radical (unpaired) electrons. The Morgan fingerprint density at radius 1 is 1.10 bits per heavy atom. The highest BCUT2D eigenvalue weighted by Gasteiger charge is 2.54. The molecule has 0 aromatic carbocycles. The van der Waals surface area contributed by atoms with Gasteiger partial charge in [0.2, 0.25) is 0 Å². The molecule has 0 spiro atoms. The van der Waals surface area contributed by atoms with Crippen LogP contribution in [0.1, 0.15) is 58.8 Å². The number of hydrogen-bond donors (Lipinski definition) is 1. The van der Waals surface area contributed by atoms with Gasteiger partial charge in [-0.15, -0.1) is 0 Å². The predicted molar refractivity (Wildman–Crippen MR) is 82.2 cm³/mol. The van der Waals surface area contributed by atoms with Crippen molar-refractivity contribution in [3.63, 3.8) is 0 Å². The highest BCUT2D eigenvalue weighted by molar-refractivity contribution is 5.26. The van der Waals surface area contributed by atoms with Gasteiger partial charge in [0.15, 0.2) is 0 Å².